The second kappa shape index (κ2) is 7.59. The number of rotatable bonds is 3. The van der Waals surface area contributed by atoms with Crippen LogP contribution in [0.15, 0.2) is 42.1 Å². The SMILES string of the molecule is C=C1/C(=C/c2ccc(N(C)C)cc2)CCN1C(=O)c1c(C)sc2c1CCCC2. The minimum atomic E-state index is 0.147. The van der Waals surface area contributed by atoms with Gasteiger partial charge in [0.25, 0.3) is 5.91 Å². The zero-order chi connectivity index (χ0) is 19.8. The number of hydrogen-bond acceptors (Lipinski definition) is 3. The molecule has 1 saturated heterocycles. The van der Waals surface area contributed by atoms with Crippen molar-refractivity contribution in [2.24, 2.45) is 0 Å². The Morgan fingerprint density at radius 3 is 2.57 bits per heavy atom. The van der Waals surface area contributed by atoms with Crippen LogP contribution < -0.4 is 4.90 Å². The van der Waals surface area contributed by atoms with E-state index in [2.05, 4.69) is 48.7 Å². The summed E-state index contributed by atoms with van der Waals surface area (Å²) in [6.45, 7) is 7.08. The van der Waals surface area contributed by atoms with Crippen molar-refractivity contribution in [3.63, 3.8) is 0 Å². The van der Waals surface area contributed by atoms with Crippen molar-refractivity contribution < 1.29 is 4.79 Å². The van der Waals surface area contributed by atoms with Gasteiger partial charge in [0.1, 0.15) is 0 Å². The van der Waals surface area contributed by atoms with Gasteiger partial charge in [0.05, 0.1) is 5.56 Å². The predicted molar refractivity (Wildman–Crippen MR) is 119 cm³/mol. The summed E-state index contributed by atoms with van der Waals surface area (Å²) in [5.41, 5.74) is 6.62. The highest BCUT2D eigenvalue weighted by Gasteiger charge is 2.31. The van der Waals surface area contributed by atoms with Crippen molar-refractivity contribution in [2.45, 2.75) is 39.0 Å². The quantitative estimate of drug-likeness (QED) is 0.694. The number of aryl methyl sites for hydroxylation is 2. The number of hydrogen-bond donors (Lipinski definition) is 0. The molecule has 4 heteroatoms. The fourth-order valence-corrected chi connectivity index (χ4v) is 5.51. The first-order chi connectivity index (χ1) is 13.5. The van der Waals surface area contributed by atoms with E-state index in [9.17, 15) is 4.79 Å². The van der Waals surface area contributed by atoms with E-state index in [0.717, 1.165) is 48.2 Å². The Morgan fingerprint density at radius 1 is 1.14 bits per heavy atom. The summed E-state index contributed by atoms with van der Waals surface area (Å²) in [5.74, 6) is 0.147. The standard InChI is InChI=1S/C24H28N2OS/c1-16-19(15-18-9-11-20(12-10-18)25(3)4)13-14-26(16)24(27)23-17(2)28-22-8-6-5-7-21(22)23/h9-12,15H,1,5-8,13-14H2,2-4H3/b19-15+. The molecule has 0 unspecified atom stereocenters. The normalized spacial score (nSPS) is 17.9. The first-order valence-electron chi connectivity index (χ1n) is 10.1. The number of thiophene rings is 1. The fourth-order valence-electron chi connectivity index (χ4n) is 4.25. The maximum Gasteiger partial charge on any atom is 0.259 e. The molecule has 0 saturated carbocycles. The van der Waals surface area contributed by atoms with Gasteiger partial charge in [0.15, 0.2) is 0 Å². The third-order valence-electron chi connectivity index (χ3n) is 5.86. The third-order valence-corrected chi connectivity index (χ3v) is 7.07. The Hall–Kier alpha value is -2.33. The summed E-state index contributed by atoms with van der Waals surface area (Å²) < 4.78 is 0. The molecule has 146 valence electrons. The van der Waals surface area contributed by atoms with Crippen LogP contribution in [0, 0.1) is 6.92 Å². The molecule has 0 spiro atoms. The molecule has 0 N–H and O–H groups in total. The Kier molecular flexibility index (Phi) is 5.15. The van der Waals surface area contributed by atoms with Gasteiger partial charge in [0, 0.05) is 41.8 Å². The van der Waals surface area contributed by atoms with Crippen molar-refractivity contribution in [1.29, 1.82) is 0 Å². The molecule has 0 atom stereocenters. The molecule has 28 heavy (non-hydrogen) atoms. The minimum Gasteiger partial charge on any atom is -0.378 e. The van der Waals surface area contributed by atoms with Crippen LogP contribution in [0.5, 0.6) is 0 Å². The molecule has 1 fully saturated rings. The summed E-state index contributed by atoms with van der Waals surface area (Å²) in [4.78, 5) is 19.9. The highest BCUT2D eigenvalue weighted by molar-refractivity contribution is 7.12. The van der Waals surface area contributed by atoms with Crippen LogP contribution in [0.3, 0.4) is 0 Å². The lowest BCUT2D eigenvalue weighted by Gasteiger charge is -2.19. The summed E-state index contributed by atoms with van der Waals surface area (Å²) >= 11 is 1.82. The summed E-state index contributed by atoms with van der Waals surface area (Å²) in [5, 5.41) is 0. The van der Waals surface area contributed by atoms with Gasteiger partial charge in [-0.15, -0.1) is 11.3 Å². The van der Waals surface area contributed by atoms with Crippen LogP contribution in [-0.4, -0.2) is 31.4 Å². The first-order valence-corrected chi connectivity index (χ1v) is 10.9. The summed E-state index contributed by atoms with van der Waals surface area (Å²) in [7, 11) is 4.09. The van der Waals surface area contributed by atoms with Gasteiger partial charge in [-0.1, -0.05) is 18.7 Å². The molecule has 3 nitrogen and oxygen atoms in total. The van der Waals surface area contributed by atoms with E-state index in [1.54, 1.807) is 0 Å². The number of benzene rings is 1. The Labute approximate surface area is 172 Å². The van der Waals surface area contributed by atoms with Gasteiger partial charge in [-0.3, -0.25) is 4.79 Å². The van der Waals surface area contributed by atoms with Crippen molar-refractivity contribution in [2.75, 3.05) is 25.5 Å². The molecule has 2 aromatic rings. The molecular weight excluding hydrogens is 364 g/mol. The average Bonchev–Trinajstić information content (AvgIpc) is 3.21. The topological polar surface area (TPSA) is 23.6 Å². The minimum absolute atomic E-state index is 0.147. The Bertz CT molecular complexity index is 950. The number of carbonyl (C=O) groups excluding carboxylic acids is 1. The molecule has 0 radical (unpaired) electrons. The number of amides is 1. The maximum atomic E-state index is 13.4. The van der Waals surface area contributed by atoms with Crippen LogP contribution in [0.2, 0.25) is 0 Å². The number of likely N-dealkylation sites (tertiary alicyclic amines) is 1. The monoisotopic (exact) mass is 392 g/mol. The van der Waals surface area contributed by atoms with Crippen LogP contribution in [-0.2, 0) is 12.8 Å². The molecule has 1 aliphatic carbocycles. The lowest BCUT2D eigenvalue weighted by molar-refractivity contribution is 0.0825. The van der Waals surface area contributed by atoms with Crippen molar-refractivity contribution >= 4 is 29.0 Å². The molecule has 1 amide bonds. The summed E-state index contributed by atoms with van der Waals surface area (Å²) in [6.07, 6.45) is 7.65. The van der Waals surface area contributed by atoms with Crippen LogP contribution in [0.25, 0.3) is 6.08 Å². The third kappa shape index (κ3) is 3.42. The van der Waals surface area contributed by atoms with Gasteiger partial charge in [-0.2, -0.15) is 0 Å². The van der Waals surface area contributed by atoms with E-state index >= 15 is 0 Å². The Balaban J connectivity index is 1.56. The van der Waals surface area contributed by atoms with Gasteiger partial charge in [-0.25, -0.2) is 0 Å². The second-order valence-electron chi connectivity index (χ2n) is 7.95. The molecule has 1 aromatic heterocycles. The zero-order valence-electron chi connectivity index (χ0n) is 17.0. The second-order valence-corrected chi connectivity index (χ2v) is 9.26. The molecule has 1 aliphatic heterocycles. The van der Waals surface area contributed by atoms with E-state index in [4.69, 9.17) is 0 Å². The zero-order valence-corrected chi connectivity index (χ0v) is 17.9. The summed E-state index contributed by atoms with van der Waals surface area (Å²) in [6, 6.07) is 8.49. The van der Waals surface area contributed by atoms with Gasteiger partial charge in [0.2, 0.25) is 0 Å². The number of fused-ring (bicyclic) bond motifs is 1. The first kappa shape index (κ1) is 19.0. The van der Waals surface area contributed by atoms with E-state index < -0.39 is 0 Å². The van der Waals surface area contributed by atoms with E-state index in [0.29, 0.717) is 0 Å². The predicted octanol–water partition coefficient (Wildman–Crippen LogP) is 5.44. The van der Waals surface area contributed by atoms with E-state index in [-0.39, 0.29) is 5.91 Å². The molecule has 1 aromatic carbocycles. The molecule has 4 rings (SSSR count). The van der Waals surface area contributed by atoms with Crippen LogP contribution >= 0.6 is 11.3 Å². The molecular formula is C24H28N2OS. The number of carbonyl (C=O) groups is 1. The molecule has 0 bridgehead atoms. The lowest BCUT2D eigenvalue weighted by Crippen LogP contribution is -2.27. The highest BCUT2D eigenvalue weighted by atomic mass is 32.1. The largest absolute Gasteiger partial charge is 0.378 e. The van der Waals surface area contributed by atoms with Crippen molar-refractivity contribution in [1.82, 2.24) is 4.90 Å². The molecule has 2 heterocycles. The fraction of sp³-hybridized carbons (Fsp3) is 0.375. The average molecular weight is 393 g/mol. The van der Waals surface area contributed by atoms with Crippen molar-refractivity contribution in [3.05, 3.63) is 68.6 Å². The smallest absolute Gasteiger partial charge is 0.259 e. The van der Waals surface area contributed by atoms with Gasteiger partial charge < -0.3 is 9.80 Å². The number of anilines is 1. The lowest BCUT2D eigenvalue weighted by atomic mass is 9.94. The van der Waals surface area contributed by atoms with Crippen LogP contribution in [0.1, 0.15) is 50.5 Å². The van der Waals surface area contributed by atoms with Gasteiger partial charge >= 0.3 is 0 Å². The van der Waals surface area contributed by atoms with Crippen LogP contribution in [0.4, 0.5) is 5.69 Å². The number of nitrogens with zero attached hydrogens (tertiary/aromatic N) is 2. The maximum absolute atomic E-state index is 13.4. The van der Waals surface area contributed by atoms with E-state index in [1.807, 2.05) is 30.3 Å². The number of allylic oxidation sites excluding steroid dienone is 1. The highest BCUT2D eigenvalue weighted by Crippen LogP contribution is 2.37. The Morgan fingerprint density at radius 2 is 1.86 bits per heavy atom. The van der Waals surface area contributed by atoms with Gasteiger partial charge in [-0.05, 0) is 73.9 Å². The van der Waals surface area contributed by atoms with E-state index in [1.165, 1.54) is 33.8 Å². The molecule has 2 aliphatic rings. The van der Waals surface area contributed by atoms with Crippen molar-refractivity contribution in [3.8, 4) is 0 Å².